The van der Waals surface area contributed by atoms with Crippen molar-refractivity contribution in [3.8, 4) is 0 Å². The lowest BCUT2D eigenvalue weighted by Crippen LogP contribution is -2.47. The van der Waals surface area contributed by atoms with Gasteiger partial charge in [-0.2, -0.15) is 4.98 Å². The molecule has 2 aliphatic rings. The fourth-order valence-corrected chi connectivity index (χ4v) is 4.60. The van der Waals surface area contributed by atoms with Crippen LogP contribution in [0.1, 0.15) is 43.2 Å². The van der Waals surface area contributed by atoms with E-state index in [2.05, 4.69) is 26.5 Å². The Balaban J connectivity index is 1.34. The molecule has 8 heteroatoms. The van der Waals surface area contributed by atoms with E-state index in [-0.39, 0.29) is 23.6 Å². The Kier molecular flexibility index (Phi) is 5.40. The molecule has 166 valence electrons. The van der Waals surface area contributed by atoms with Crippen LogP contribution in [0.4, 0.5) is 0 Å². The highest BCUT2D eigenvalue weighted by Gasteiger charge is 2.34. The number of carbonyl (C=O) groups is 1. The van der Waals surface area contributed by atoms with Crippen LogP contribution >= 0.6 is 0 Å². The molecule has 0 aliphatic carbocycles. The van der Waals surface area contributed by atoms with E-state index in [4.69, 9.17) is 4.42 Å². The van der Waals surface area contributed by atoms with Crippen LogP contribution in [-0.4, -0.2) is 39.5 Å². The van der Waals surface area contributed by atoms with Gasteiger partial charge in [-0.3, -0.25) is 9.59 Å². The molecule has 0 spiro atoms. The van der Waals surface area contributed by atoms with Crippen LogP contribution in [0.2, 0.25) is 0 Å². The van der Waals surface area contributed by atoms with Crippen LogP contribution in [0.5, 0.6) is 0 Å². The Morgan fingerprint density at radius 1 is 1.22 bits per heavy atom. The zero-order chi connectivity index (χ0) is 22.2. The minimum Gasteiger partial charge on any atom is -0.465 e. The number of nitrogens with zero attached hydrogens (tertiary/aromatic N) is 3. The number of benzene rings is 1. The Bertz CT molecular complexity index is 1260. The topological polar surface area (TPSA) is 92.4 Å². The molecule has 3 aromatic rings. The van der Waals surface area contributed by atoms with Crippen LogP contribution in [-0.2, 0) is 11.2 Å². The van der Waals surface area contributed by atoms with E-state index in [0.29, 0.717) is 37.7 Å². The quantitative estimate of drug-likeness (QED) is 0.657. The fourth-order valence-electron chi connectivity index (χ4n) is 4.60. The molecule has 32 heavy (non-hydrogen) atoms. The van der Waals surface area contributed by atoms with Crippen molar-refractivity contribution in [1.82, 2.24) is 25.3 Å². The van der Waals surface area contributed by atoms with Gasteiger partial charge in [0, 0.05) is 31.6 Å². The predicted molar refractivity (Wildman–Crippen MR) is 122 cm³/mol. The maximum absolute atomic E-state index is 13.1. The molecule has 2 unspecified atom stereocenters. The van der Waals surface area contributed by atoms with Crippen LogP contribution in [0, 0.1) is 6.92 Å². The smallest absolute Gasteiger partial charge is 0.280 e. The van der Waals surface area contributed by atoms with E-state index in [0.717, 1.165) is 28.6 Å². The molecule has 2 aromatic heterocycles. The number of hydrogen-bond acceptors (Lipinski definition) is 6. The lowest BCUT2D eigenvalue weighted by Gasteiger charge is -2.30. The molecule has 2 aliphatic heterocycles. The highest BCUT2D eigenvalue weighted by atomic mass is 16.3. The molecule has 0 bridgehead atoms. The Labute approximate surface area is 185 Å². The maximum atomic E-state index is 13.1. The second-order valence-corrected chi connectivity index (χ2v) is 8.35. The summed E-state index contributed by atoms with van der Waals surface area (Å²) in [6.45, 7) is 5.07. The number of hydrogen-bond donors (Lipinski definition) is 2. The van der Waals surface area contributed by atoms with Crippen molar-refractivity contribution < 1.29 is 9.21 Å². The SMILES string of the molecule is CCc1nc(=O)c2ccccc2n1C1=CCN(C(=O)C2CC(c3ccc(C)o3)NN2)CC1. The lowest BCUT2D eigenvalue weighted by molar-refractivity contribution is -0.132. The van der Waals surface area contributed by atoms with Crippen LogP contribution in [0.15, 0.2) is 51.7 Å². The van der Waals surface area contributed by atoms with Crippen LogP contribution in [0.25, 0.3) is 16.6 Å². The molecular formula is C24H27N5O3. The van der Waals surface area contributed by atoms with Gasteiger partial charge in [-0.05, 0) is 43.7 Å². The summed E-state index contributed by atoms with van der Waals surface area (Å²) in [4.78, 5) is 31.7. The molecule has 1 fully saturated rings. The first-order valence-electron chi connectivity index (χ1n) is 11.1. The molecule has 8 nitrogen and oxygen atoms in total. The molecule has 1 saturated heterocycles. The summed E-state index contributed by atoms with van der Waals surface area (Å²) in [6, 6.07) is 11.1. The van der Waals surface area contributed by atoms with E-state index in [1.165, 1.54) is 0 Å². The minimum absolute atomic E-state index is 0.0146. The molecule has 1 amide bonds. The molecule has 0 radical (unpaired) electrons. The average Bonchev–Trinajstić information content (AvgIpc) is 3.48. The zero-order valence-corrected chi connectivity index (χ0v) is 18.3. The number of aromatic nitrogens is 2. The number of aryl methyl sites for hydroxylation is 2. The highest BCUT2D eigenvalue weighted by Crippen LogP contribution is 2.27. The predicted octanol–water partition coefficient (Wildman–Crippen LogP) is 2.54. The largest absolute Gasteiger partial charge is 0.465 e. The second-order valence-electron chi connectivity index (χ2n) is 8.35. The third kappa shape index (κ3) is 3.65. The monoisotopic (exact) mass is 433 g/mol. The van der Waals surface area contributed by atoms with Crippen molar-refractivity contribution in [3.63, 3.8) is 0 Å². The van der Waals surface area contributed by atoms with Gasteiger partial charge >= 0.3 is 0 Å². The first-order chi connectivity index (χ1) is 15.5. The van der Waals surface area contributed by atoms with Gasteiger partial charge < -0.3 is 13.9 Å². The Morgan fingerprint density at radius 2 is 2.06 bits per heavy atom. The molecule has 0 saturated carbocycles. The molecule has 2 N–H and O–H groups in total. The lowest BCUT2D eigenvalue weighted by atomic mass is 10.1. The van der Waals surface area contributed by atoms with Crippen molar-refractivity contribution in [2.24, 2.45) is 0 Å². The fraction of sp³-hybridized carbons (Fsp3) is 0.375. The summed E-state index contributed by atoms with van der Waals surface area (Å²) in [5, 5.41) is 0.615. The number of furan rings is 1. The molecule has 1 aromatic carbocycles. The highest BCUT2D eigenvalue weighted by molar-refractivity contribution is 5.84. The number of nitrogens with one attached hydrogen (secondary N) is 2. The van der Waals surface area contributed by atoms with Crippen molar-refractivity contribution in [2.75, 3.05) is 13.1 Å². The van der Waals surface area contributed by atoms with Gasteiger partial charge in [-0.25, -0.2) is 10.9 Å². The third-order valence-corrected chi connectivity index (χ3v) is 6.27. The van der Waals surface area contributed by atoms with Gasteiger partial charge in [-0.1, -0.05) is 19.1 Å². The van der Waals surface area contributed by atoms with E-state index in [9.17, 15) is 9.59 Å². The maximum Gasteiger partial charge on any atom is 0.280 e. The van der Waals surface area contributed by atoms with E-state index < -0.39 is 0 Å². The molecule has 2 atom stereocenters. The Morgan fingerprint density at radius 3 is 2.78 bits per heavy atom. The third-order valence-electron chi connectivity index (χ3n) is 6.27. The summed E-state index contributed by atoms with van der Waals surface area (Å²) in [7, 11) is 0. The summed E-state index contributed by atoms with van der Waals surface area (Å²) < 4.78 is 7.79. The average molecular weight is 434 g/mol. The number of carbonyl (C=O) groups excluding carboxylic acids is 1. The van der Waals surface area contributed by atoms with Crippen LogP contribution < -0.4 is 16.4 Å². The van der Waals surface area contributed by atoms with Gasteiger partial charge in [0.05, 0.1) is 16.9 Å². The number of rotatable bonds is 4. The van der Waals surface area contributed by atoms with Crippen molar-refractivity contribution >= 4 is 22.5 Å². The second kappa shape index (κ2) is 8.37. The van der Waals surface area contributed by atoms with Gasteiger partial charge in [0.1, 0.15) is 23.4 Å². The van der Waals surface area contributed by atoms with Gasteiger partial charge in [0.2, 0.25) is 5.91 Å². The van der Waals surface area contributed by atoms with Crippen molar-refractivity contribution in [3.05, 3.63) is 70.2 Å². The first-order valence-corrected chi connectivity index (χ1v) is 11.1. The van der Waals surface area contributed by atoms with Gasteiger partial charge in [-0.15, -0.1) is 0 Å². The van der Waals surface area contributed by atoms with Crippen LogP contribution in [0.3, 0.4) is 0 Å². The summed E-state index contributed by atoms with van der Waals surface area (Å²) in [5.41, 5.74) is 8.07. The molecular weight excluding hydrogens is 406 g/mol. The van der Waals surface area contributed by atoms with Crippen molar-refractivity contribution in [1.29, 1.82) is 0 Å². The standard InChI is InChI=1S/C24H27N5O3/c1-3-22-25-23(30)17-6-4-5-7-20(17)29(22)16-10-12-28(13-11-16)24(31)19-14-18(26-27-19)21-9-8-15(2)32-21/h4-10,18-19,26-27H,3,11-14H2,1-2H3. The minimum atomic E-state index is -0.290. The molecule has 5 rings (SSSR count). The number of para-hydroxylation sites is 1. The summed E-state index contributed by atoms with van der Waals surface area (Å²) in [6.07, 6.45) is 4.08. The summed E-state index contributed by atoms with van der Waals surface area (Å²) >= 11 is 0. The van der Waals surface area contributed by atoms with E-state index in [1.54, 1.807) is 0 Å². The van der Waals surface area contributed by atoms with Gasteiger partial charge in [0.15, 0.2) is 0 Å². The normalized spacial score (nSPS) is 21.2. The summed E-state index contributed by atoms with van der Waals surface area (Å²) in [5.74, 6) is 2.53. The zero-order valence-electron chi connectivity index (χ0n) is 18.3. The Hall–Kier alpha value is -3.23. The number of amides is 1. The number of hydrazine groups is 1. The van der Waals surface area contributed by atoms with E-state index in [1.807, 2.05) is 55.1 Å². The number of fused-ring (bicyclic) bond motifs is 1. The first kappa shape index (κ1) is 20.7. The van der Waals surface area contributed by atoms with Gasteiger partial charge in [0.25, 0.3) is 5.56 Å². The van der Waals surface area contributed by atoms with Crippen molar-refractivity contribution in [2.45, 2.75) is 45.2 Å². The molecule has 4 heterocycles. The van der Waals surface area contributed by atoms with E-state index >= 15 is 0 Å².